The zero-order chi connectivity index (χ0) is 18.0. The first-order valence-electron chi connectivity index (χ1n) is 8.51. The lowest BCUT2D eigenvalue weighted by Gasteiger charge is -2.44. The topological polar surface area (TPSA) is 50.8 Å². The predicted molar refractivity (Wildman–Crippen MR) is 96.5 cm³/mol. The molecule has 1 amide bonds. The minimum absolute atomic E-state index is 0.0451. The molecule has 0 aromatic heterocycles. The van der Waals surface area contributed by atoms with Gasteiger partial charge in [-0.25, -0.2) is 4.79 Å². The van der Waals surface area contributed by atoms with Crippen LogP contribution in [0.15, 0.2) is 18.2 Å². The van der Waals surface area contributed by atoms with Crippen molar-refractivity contribution in [3.05, 3.63) is 29.3 Å². The second-order valence-corrected chi connectivity index (χ2v) is 7.79. The highest BCUT2D eigenvalue weighted by Gasteiger charge is 2.34. The Morgan fingerprint density at radius 2 is 2.04 bits per heavy atom. The van der Waals surface area contributed by atoms with Crippen molar-refractivity contribution in [1.29, 1.82) is 0 Å². The van der Waals surface area contributed by atoms with Crippen LogP contribution in [0.3, 0.4) is 0 Å². The predicted octanol–water partition coefficient (Wildman–Crippen LogP) is 3.77. The average molecular weight is 334 g/mol. The molecule has 1 aliphatic rings. The lowest BCUT2D eigenvalue weighted by atomic mass is 9.83. The van der Waals surface area contributed by atoms with Crippen molar-refractivity contribution >= 4 is 11.8 Å². The number of methoxy groups -OCH3 is 1. The van der Waals surface area contributed by atoms with Crippen LogP contribution in [0.5, 0.6) is 0 Å². The summed E-state index contributed by atoms with van der Waals surface area (Å²) in [5.74, 6) is 0. The fourth-order valence-electron chi connectivity index (χ4n) is 3.19. The van der Waals surface area contributed by atoms with E-state index in [0.717, 1.165) is 31.8 Å². The average Bonchev–Trinajstić information content (AvgIpc) is 2.44. The highest BCUT2D eigenvalue weighted by molar-refractivity contribution is 5.85. The van der Waals surface area contributed by atoms with Crippen LogP contribution >= 0.6 is 0 Å². The van der Waals surface area contributed by atoms with E-state index in [1.807, 2.05) is 26.8 Å². The summed E-state index contributed by atoms with van der Waals surface area (Å²) < 4.78 is 10.5. The number of carbonyl (C=O) groups is 1. The van der Waals surface area contributed by atoms with Gasteiger partial charge in [-0.1, -0.05) is 6.07 Å². The van der Waals surface area contributed by atoms with Crippen LogP contribution in [0, 0.1) is 0 Å². The molecule has 2 rings (SSSR count). The number of hydrogen-bond acceptors (Lipinski definition) is 4. The van der Waals surface area contributed by atoms with Gasteiger partial charge in [-0.05, 0) is 64.3 Å². The second kappa shape index (κ2) is 7.11. The number of amides is 1. The molecule has 0 atom stereocenters. The van der Waals surface area contributed by atoms with Gasteiger partial charge in [-0.2, -0.15) is 0 Å². The normalized spacial score (nSPS) is 17.2. The summed E-state index contributed by atoms with van der Waals surface area (Å²) in [6, 6.07) is 6.12. The number of benzene rings is 1. The molecular formula is C19H30N2O3. The molecule has 5 heteroatoms. The van der Waals surface area contributed by atoms with Crippen molar-refractivity contribution in [2.45, 2.75) is 52.2 Å². The monoisotopic (exact) mass is 334 g/mol. The van der Waals surface area contributed by atoms with E-state index < -0.39 is 11.7 Å². The summed E-state index contributed by atoms with van der Waals surface area (Å²) in [4.78, 5) is 14.4. The molecule has 0 spiro atoms. The third kappa shape index (κ3) is 4.48. The van der Waals surface area contributed by atoms with E-state index in [1.165, 1.54) is 11.1 Å². The Morgan fingerprint density at radius 3 is 2.67 bits per heavy atom. The summed E-state index contributed by atoms with van der Waals surface area (Å²) in [7, 11) is 1.74. The van der Waals surface area contributed by atoms with Crippen molar-refractivity contribution in [1.82, 2.24) is 4.90 Å². The minimum Gasteiger partial charge on any atom is -0.444 e. The van der Waals surface area contributed by atoms with Crippen LogP contribution in [-0.4, -0.2) is 43.4 Å². The fourth-order valence-corrected chi connectivity index (χ4v) is 3.19. The number of carbonyl (C=O) groups excluding carboxylic acids is 1. The molecule has 0 saturated heterocycles. The molecule has 0 radical (unpaired) electrons. The van der Waals surface area contributed by atoms with E-state index in [9.17, 15) is 4.79 Å². The van der Waals surface area contributed by atoms with E-state index >= 15 is 0 Å². The standard InChI is InChI=1S/C19H30N2O3/c1-18(2,3)24-17(22)20-15-7-8-16-14(13-15)9-10-21(11-12-23-6)19(16,4)5/h7-8,13H,9-12H2,1-6H3,(H,20,22). The number of rotatable bonds is 4. The Morgan fingerprint density at radius 1 is 1.33 bits per heavy atom. The van der Waals surface area contributed by atoms with Crippen molar-refractivity contribution in [3.8, 4) is 0 Å². The first kappa shape index (κ1) is 18.7. The van der Waals surface area contributed by atoms with Crippen LogP contribution < -0.4 is 5.32 Å². The quantitative estimate of drug-likeness (QED) is 0.910. The zero-order valence-corrected chi connectivity index (χ0v) is 15.7. The highest BCUT2D eigenvalue weighted by Crippen LogP contribution is 2.36. The summed E-state index contributed by atoms with van der Waals surface area (Å²) >= 11 is 0. The molecule has 0 bridgehead atoms. The largest absolute Gasteiger partial charge is 0.444 e. The molecule has 1 aliphatic heterocycles. The Balaban J connectivity index is 2.14. The van der Waals surface area contributed by atoms with Gasteiger partial charge in [0, 0.05) is 31.4 Å². The molecule has 134 valence electrons. The van der Waals surface area contributed by atoms with Crippen LogP contribution in [0.4, 0.5) is 10.5 Å². The van der Waals surface area contributed by atoms with Crippen molar-refractivity contribution < 1.29 is 14.3 Å². The number of nitrogens with zero attached hydrogens (tertiary/aromatic N) is 1. The lowest BCUT2D eigenvalue weighted by Crippen LogP contribution is -2.48. The number of hydrogen-bond donors (Lipinski definition) is 1. The van der Waals surface area contributed by atoms with Gasteiger partial charge in [0.2, 0.25) is 0 Å². The Bertz CT molecular complexity index is 591. The van der Waals surface area contributed by atoms with Gasteiger partial charge in [0.15, 0.2) is 0 Å². The van der Waals surface area contributed by atoms with E-state index in [-0.39, 0.29) is 5.54 Å². The summed E-state index contributed by atoms with van der Waals surface area (Å²) in [6.45, 7) is 12.7. The summed E-state index contributed by atoms with van der Waals surface area (Å²) in [6.07, 6.45) is 0.547. The smallest absolute Gasteiger partial charge is 0.412 e. The third-order valence-electron chi connectivity index (χ3n) is 4.42. The molecule has 1 aromatic carbocycles. The molecule has 0 saturated carbocycles. The first-order valence-corrected chi connectivity index (χ1v) is 8.51. The summed E-state index contributed by atoms with van der Waals surface area (Å²) in [5.41, 5.74) is 2.82. The van der Waals surface area contributed by atoms with Gasteiger partial charge in [0.25, 0.3) is 0 Å². The van der Waals surface area contributed by atoms with Gasteiger partial charge in [0.05, 0.1) is 6.61 Å². The molecular weight excluding hydrogens is 304 g/mol. The molecule has 5 nitrogen and oxygen atoms in total. The van der Waals surface area contributed by atoms with Crippen LogP contribution in [0.2, 0.25) is 0 Å². The minimum atomic E-state index is -0.498. The van der Waals surface area contributed by atoms with Gasteiger partial charge in [0.1, 0.15) is 5.60 Å². The van der Waals surface area contributed by atoms with E-state index in [0.29, 0.717) is 0 Å². The van der Waals surface area contributed by atoms with Crippen molar-refractivity contribution in [2.75, 3.05) is 32.1 Å². The zero-order valence-electron chi connectivity index (χ0n) is 15.7. The SMILES string of the molecule is COCCN1CCc2cc(NC(=O)OC(C)(C)C)ccc2C1(C)C. The maximum Gasteiger partial charge on any atom is 0.412 e. The van der Waals surface area contributed by atoms with Gasteiger partial charge in [-0.3, -0.25) is 10.2 Å². The number of fused-ring (bicyclic) bond motifs is 1. The number of anilines is 1. The van der Waals surface area contributed by atoms with E-state index in [4.69, 9.17) is 9.47 Å². The number of nitrogens with one attached hydrogen (secondary N) is 1. The highest BCUT2D eigenvalue weighted by atomic mass is 16.6. The fraction of sp³-hybridized carbons (Fsp3) is 0.632. The molecule has 0 fully saturated rings. The molecule has 1 aromatic rings. The third-order valence-corrected chi connectivity index (χ3v) is 4.42. The van der Waals surface area contributed by atoms with Crippen molar-refractivity contribution in [2.24, 2.45) is 0 Å². The van der Waals surface area contributed by atoms with Gasteiger partial charge >= 0.3 is 6.09 Å². The molecule has 0 aliphatic carbocycles. The van der Waals surface area contributed by atoms with Crippen molar-refractivity contribution in [3.63, 3.8) is 0 Å². The second-order valence-electron chi connectivity index (χ2n) is 7.79. The van der Waals surface area contributed by atoms with Crippen LogP contribution in [0.1, 0.15) is 45.7 Å². The Kier molecular flexibility index (Phi) is 5.56. The molecule has 1 N–H and O–H groups in total. The van der Waals surface area contributed by atoms with Gasteiger partial charge in [-0.15, -0.1) is 0 Å². The van der Waals surface area contributed by atoms with E-state index in [2.05, 4.69) is 36.2 Å². The van der Waals surface area contributed by atoms with Gasteiger partial charge < -0.3 is 9.47 Å². The molecule has 0 unspecified atom stereocenters. The van der Waals surface area contributed by atoms with Crippen LogP contribution in [0.25, 0.3) is 0 Å². The Hall–Kier alpha value is -1.59. The maximum absolute atomic E-state index is 11.9. The van der Waals surface area contributed by atoms with Crippen LogP contribution in [-0.2, 0) is 21.4 Å². The number of ether oxygens (including phenoxy) is 2. The first-order chi connectivity index (χ1) is 11.1. The molecule has 24 heavy (non-hydrogen) atoms. The van der Waals surface area contributed by atoms with E-state index in [1.54, 1.807) is 7.11 Å². The lowest BCUT2D eigenvalue weighted by molar-refractivity contribution is 0.0635. The molecule has 1 heterocycles. The summed E-state index contributed by atoms with van der Waals surface area (Å²) in [5, 5.41) is 2.83. The Labute approximate surface area is 145 Å². The maximum atomic E-state index is 11.9.